The van der Waals surface area contributed by atoms with E-state index in [9.17, 15) is 0 Å². The van der Waals surface area contributed by atoms with Crippen LogP contribution in [0.5, 0.6) is 5.75 Å². The molecule has 2 heterocycles. The average molecular weight is 218 g/mol. The fourth-order valence-electron chi connectivity index (χ4n) is 2.81. The van der Waals surface area contributed by atoms with Crippen LogP contribution in [-0.2, 0) is 6.42 Å². The van der Waals surface area contributed by atoms with Crippen LogP contribution < -0.4 is 15.0 Å². The van der Waals surface area contributed by atoms with Crippen LogP contribution in [0.25, 0.3) is 0 Å². The molecule has 0 bridgehead atoms. The molecule has 1 fully saturated rings. The zero-order valence-corrected chi connectivity index (χ0v) is 9.70. The van der Waals surface area contributed by atoms with Crippen LogP contribution in [0.15, 0.2) is 18.2 Å². The SMILES string of the molecule is COc1ccc2c(c1)N1CCNC[C@H]1CC2. The van der Waals surface area contributed by atoms with Crippen molar-refractivity contribution in [3.63, 3.8) is 0 Å². The molecule has 1 atom stereocenters. The summed E-state index contributed by atoms with van der Waals surface area (Å²) in [4.78, 5) is 2.54. The number of piperazine rings is 1. The van der Waals surface area contributed by atoms with E-state index in [0.717, 1.165) is 25.4 Å². The Balaban J connectivity index is 1.98. The van der Waals surface area contributed by atoms with E-state index in [4.69, 9.17) is 4.74 Å². The maximum atomic E-state index is 5.32. The number of nitrogens with one attached hydrogen (secondary N) is 1. The fraction of sp³-hybridized carbons (Fsp3) is 0.538. The van der Waals surface area contributed by atoms with Crippen molar-refractivity contribution in [3.8, 4) is 5.75 Å². The normalized spacial score (nSPS) is 23.6. The van der Waals surface area contributed by atoms with Crippen molar-refractivity contribution in [2.45, 2.75) is 18.9 Å². The van der Waals surface area contributed by atoms with Gasteiger partial charge in [-0.15, -0.1) is 0 Å². The number of rotatable bonds is 1. The molecule has 0 radical (unpaired) electrons. The van der Waals surface area contributed by atoms with E-state index in [0.29, 0.717) is 6.04 Å². The van der Waals surface area contributed by atoms with Crippen molar-refractivity contribution in [3.05, 3.63) is 23.8 Å². The second-order valence-corrected chi connectivity index (χ2v) is 4.58. The Morgan fingerprint density at radius 2 is 2.38 bits per heavy atom. The number of fused-ring (bicyclic) bond motifs is 3. The van der Waals surface area contributed by atoms with Gasteiger partial charge in [-0.25, -0.2) is 0 Å². The Kier molecular flexibility index (Phi) is 2.48. The third-order valence-electron chi connectivity index (χ3n) is 3.70. The largest absolute Gasteiger partial charge is 0.497 e. The van der Waals surface area contributed by atoms with Crippen molar-refractivity contribution < 1.29 is 4.74 Å². The van der Waals surface area contributed by atoms with Crippen molar-refractivity contribution in [1.29, 1.82) is 0 Å². The third kappa shape index (κ3) is 1.55. The van der Waals surface area contributed by atoms with E-state index < -0.39 is 0 Å². The van der Waals surface area contributed by atoms with Gasteiger partial charge in [0.2, 0.25) is 0 Å². The van der Waals surface area contributed by atoms with Gasteiger partial charge in [-0.3, -0.25) is 0 Å². The zero-order chi connectivity index (χ0) is 11.0. The molecule has 0 amide bonds. The van der Waals surface area contributed by atoms with E-state index in [1.54, 1.807) is 7.11 Å². The summed E-state index contributed by atoms with van der Waals surface area (Å²) in [5, 5.41) is 3.47. The summed E-state index contributed by atoms with van der Waals surface area (Å²) in [6, 6.07) is 7.15. The van der Waals surface area contributed by atoms with Crippen LogP contribution in [0.2, 0.25) is 0 Å². The molecular weight excluding hydrogens is 200 g/mol. The second kappa shape index (κ2) is 3.98. The molecule has 0 unspecified atom stereocenters. The quantitative estimate of drug-likeness (QED) is 0.771. The van der Waals surface area contributed by atoms with Crippen LogP contribution in [0.3, 0.4) is 0 Å². The summed E-state index contributed by atoms with van der Waals surface area (Å²) < 4.78 is 5.32. The predicted molar refractivity (Wildman–Crippen MR) is 65.3 cm³/mol. The first-order valence-corrected chi connectivity index (χ1v) is 6.03. The first kappa shape index (κ1) is 9.97. The molecule has 3 rings (SSSR count). The number of ether oxygens (including phenoxy) is 1. The van der Waals surface area contributed by atoms with E-state index >= 15 is 0 Å². The van der Waals surface area contributed by atoms with Crippen LogP contribution in [0.4, 0.5) is 5.69 Å². The summed E-state index contributed by atoms with van der Waals surface area (Å²) in [5.41, 5.74) is 2.86. The highest BCUT2D eigenvalue weighted by atomic mass is 16.5. The predicted octanol–water partition coefficient (Wildman–Crippen LogP) is 1.42. The number of nitrogens with zero attached hydrogens (tertiary/aromatic N) is 1. The summed E-state index contributed by atoms with van der Waals surface area (Å²) in [7, 11) is 1.74. The molecule has 0 aromatic heterocycles. The van der Waals surface area contributed by atoms with Crippen LogP contribution in [-0.4, -0.2) is 32.8 Å². The zero-order valence-electron chi connectivity index (χ0n) is 9.70. The number of methoxy groups -OCH3 is 1. The number of hydrogen-bond acceptors (Lipinski definition) is 3. The van der Waals surface area contributed by atoms with Crippen LogP contribution in [0.1, 0.15) is 12.0 Å². The van der Waals surface area contributed by atoms with Crippen molar-refractivity contribution in [1.82, 2.24) is 5.32 Å². The molecule has 1 saturated heterocycles. The van der Waals surface area contributed by atoms with Gasteiger partial charge in [0, 0.05) is 37.4 Å². The summed E-state index contributed by atoms with van der Waals surface area (Å²) >= 11 is 0. The minimum atomic E-state index is 0.674. The first-order chi connectivity index (χ1) is 7.88. The lowest BCUT2D eigenvalue weighted by Crippen LogP contribution is -2.53. The Labute approximate surface area is 96.4 Å². The van der Waals surface area contributed by atoms with E-state index in [-0.39, 0.29) is 0 Å². The summed E-state index contributed by atoms with van der Waals surface area (Å²) in [6.07, 6.45) is 2.47. The Morgan fingerprint density at radius 1 is 1.44 bits per heavy atom. The maximum absolute atomic E-state index is 5.32. The standard InChI is InChI=1S/C13H18N2O/c1-16-12-5-3-10-2-4-11-9-14-6-7-15(11)13(10)8-12/h3,5,8,11,14H,2,4,6-7,9H2,1H3/t11-/m1/s1. The molecule has 86 valence electrons. The van der Waals surface area contributed by atoms with Gasteiger partial charge in [0.1, 0.15) is 5.75 Å². The van der Waals surface area contributed by atoms with Crippen molar-refractivity contribution in [2.75, 3.05) is 31.6 Å². The van der Waals surface area contributed by atoms with Crippen LogP contribution >= 0.6 is 0 Å². The highest BCUT2D eigenvalue weighted by Gasteiger charge is 2.28. The Morgan fingerprint density at radius 3 is 3.25 bits per heavy atom. The molecule has 1 N–H and O–H groups in total. The number of anilines is 1. The van der Waals surface area contributed by atoms with Crippen molar-refractivity contribution in [2.24, 2.45) is 0 Å². The van der Waals surface area contributed by atoms with Gasteiger partial charge in [0.25, 0.3) is 0 Å². The highest BCUT2D eigenvalue weighted by molar-refractivity contribution is 5.60. The number of aryl methyl sites for hydroxylation is 1. The molecular formula is C13H18N2O. The molecule has 0 aliphatic carbocycles. The third-order valence-corrected chi connectivity index (χ3v) is 3.70. The lowest BCUT2D eigenvalue weighted by Gasteiger charge is -2.42. The van der Waals surface area contributed by atoms with E-state index in [2.05, 4.69) is 28.4 Å². The van der Waals surface area contributed by atoms with Gasteiger partial charge in [0.05, 0.1) is 7.11 Å². The Hall–Kier alpha value is -1.22. The smallest absolute Gasteiger partial charge is 0.120 e. The monoisotopic (exact) mass is 218 g/mol. The van der Waals surface area contributed by atoms with Gasteiger partial charge in [-0.05, 0) is 24.5 Å². The van der Waals surface area contributed by atoms with Gasteiger partial charge in [0.15, 0.2) is 0 Å². The minimum Gasteiger partial charge on any atom is -0.497 e. The topological polar surface area (TPSA) is 24.5 Å². The van der Waals surface area contributed by atoms with Gasteiger partial charge in [-0.2, -0.15) is 0 Å². The van der Waals surface area contributed by atoms with Crippen molar-refractivity contribution >= 4 is 5.69 Å². The summed E-state index contributed by atoms with van der Waals surface area (Å²) in [6.45, 7) is 3.33. The molecule has 16 heavy (non-hydrogen) atoms. The second-order valence-electron chi connectivity index (χ2n) is 4.58. The molecule has 3 nitrogen and oxygen atoms in total. The first-order valence-electron chi connectivity index (χ1n) is 6.03. The average Bonchev–Trinajstić information content (AvgIpc) is 2.38. The van der Waals surface area contributed by atoms with Gasteiger partial charge >= 0.3 is 0 Å². The molecule has 0 saturated carbocycles. The van der Waals surface area contributed by atoms with Crippen LogP contribution in [0, 0.1) is 0 Å². The molecule has 0 spiro atoms. The molecule has 3 heteroatoms. The molecule has 2 aliphatic rings. The van der Waals surface area contributed by atoms with Gasteiger partial charge < -0.3 is 15.0 Å². The minimum absolute atomic E-state index is 0.674. The molecule has 1 aromatic carbocycles. The number of hydrogen-bond donors (Lipinski definition) is 1. The molecule has 2 aliphatic heterocycles. The Bertz CT molecular complexity index is 392. The van der Waals surface area contributed by atoms with E-state index in [1.165, 1.54) is 24.1 Å². The lowest BCUT2D eigenvalue weighted by molar-refractivity contribution is 0.410. The molecule has 1 aromatic rings. The highest BCUT2D eigenvalue weighted by Crippen LogP contribution is 2.34. The van der Waals surface area contributed by atoms with E-state index in [1.807, 2.05) is 0 Å². The number of benzene rings is 1. The maximum Gasteiger partial charge on any atom is 0.120 e. The fourth-order valence-corrected chi connectivity index (χ4v) is 2.81. The van der Waals surface area contributed by atoms with Gasteiger partial charge in [-0.1, -0.05) is 6.07 Å². The summed E-state index contributed by atoms with van der Waals surface area (Å²) in [5.74, 6) is 0.970. The lowest BCUT2D eigenvalue weighted by atomic mass is 9.94.